The van der Waals surface area contributed by atoms with Crippen LogP contribution in [0.15, 0.2) is 156 Å². The van der Waals surface area contributed by atoms with Crippen LogP contribution in [0.3, 0.4) is 0 Å². The number of furan rings is 1. The van der Waals surface area contributed by atoms with Crippen LogP contribution in [0, 0.1) is 0 Å². The van der Waals surface area contributed by atoms with Gasteiger partial charge in [-0.15, -0.1) is 0 Å². The monoisotopic (exact) mass is 577 g/mol. The second-order valence-electron chi connectivity index (χ2n) is 12.6. The summed E-state index contributed by atoms with van der Waals surface area (Å²) in [6.07, 6.45) is 0. The Bertz CT molecular complexity index is 2400. The van der Waals surface area contributed by atoms with Crippen LogP contribution in [-0.2, 0) is 5.41 Å². The predicted molar refractivity (Wildman–Crippen MR) is 189 cm³/mol. The van der Waals surface area contributed by atoms with E-state index in [9.17, 15) is 0 Å². The second kappa shape index (κ2) is 9.70. The van der Waals surface area contributed by atoms with Gasteiger partial charge in [0.05, 0.1) is 0 Å². The minimum Gasteiger partial charge on any atom is -0.456 e. The standard InChI is InChI=1S/C43H31NO/c1-43(2)39-22-20-33(26-37(39)36-24-30-12-6-7-13-31(30)25-40(36)43)44(32-18-16-29(17-19-32)28-10-4-3-5-11-28)34-21-23-42-38(27-34)35-14-8-9-15-41(35)45-42/h3-27H,1-2H3. The maximum absolute atomic E-state index is 6.20. The van der Waals surface area contributed by atoms with Crippen molar-refractivity contribution in [2.75, 3.05) is 4.90 Å². The molecule has 9 rings (SSSR count). The first-order valence-electron chi connectivity index (χ1n) is 15.6. The first kappa shape index (κ1) is 25.9. The third-order valence-corrected chi connectivity index (χ3v) is 9.64. The van der Waals surface area contributed by atoms with E-state index in [0.717, 1.165) is 39.0 Å². The molecule has 0 amide bonds. The summed E-state index contributed by atoms with van der Waals surface area (Å²) in [5, 5.41) is 4.81. The Morgan fingerprint density at radius 3 is 1.87 bits per heavy atom. The fourth-order valence-corrected chi connectivity index (χ4v) is 7.30. The molecule has 45 heavy (non-hydrogen) atoms. The van der Waals surface area contributed by atoms with Crippen molar-refractivity contribution in [1.82, 2.24) is 0 Å². The lowest BCUT2D eigenvalue weighted by molar-refractivity contribution is 0.661. The van der Waals surface area contributed by atoms with Crippen LogP contribution in [0.2, 0.25) is 0 Å². The van der Waals surface area contributed by atoms with Gasteiger partial charge in [-0.05, 0) is 105 Å². The van der Waals surface area contributed by atoms with Crippen LogP contribution in [0.5, 0.6) is 0 Å². The van der Waals surface area contributed by atoms with Crippen molar-refractivity contribution in [2.24, 2.45) is 0 Å². The van der Waals surface area contributed by atoms with E-state index in [-0.39, 0.29) is 5.41 Å². The quantitative estimate of drug-likeness (QED) is 0.207. The zero-order chi connectivity index (χ0) is 30.1. The zero-order valence-corrected chi connectivity index (χ0v) is 25.3. The first-order valence-corrected chi connectivity index (χ1v) is 15.6. The molecule has 0 radical (unpaired) electrons. The lowest BCUT2D eigenvalue weighted by atomic mass is 9.82. The summed E-state index contributed by atoms with van der Waals surface area (Å²) >= 11 is 0. The average Bonchev–Trinajstić information content (AvgIpc) is 3.56. The molecule has 0 spiro atoms. The molecule has 0 aliphatic heterocycles. The van der Waals surface area contributed by atoms with Crippen LogP contribution in [0.25, 0.3) is 55.0 Å². The number of fused-ring (bicyclic) bond motifs is 7. The van der Waals surface area contributed by atoms with Crippen LogP contribution >= 0.6 is 0 Å². The molecule has 7 aromatic carbocycles. The summed E-state index contributed by atoms with van der Waals surface area (Å²) in [5.41, 5.74) is 12.9. The van der Waals surface area contributed by atoms with E-state index in [1.807, 2.05) is 12.1 Å². The Balaban J connectivity index is 1.24. The fraction of sp³-hybridized carbons (Fsp3) is 0.0698. The van der Waals surface area contributed by atoms with E-state index < -0.39 is 0 Å². The summed E-state index contributed by atoms with van der Waals surface area (Å²) < 4.78 is 6.20. The Hall–Kier alpha value is -5.60. The normalized spacial score (nSPS) is 13.3. The lowest BCUT2D eigenvalue weighted by Gasteiger charge is -2.27. The third-order valence-electron chi connectivity index (χ3n) is 9.64. The van der Waals surface area contributed by atoms with Crippen LogP contribution in [0.1, 0.15) is 25.0 Å². The minimum absolute atomic E-state index is 0.0794. The van der Waals surface area contributed by atoms with Crippen LogP contribution in [-0.4, -0.2) is 0 Å². The molecule has 0 N–H and O–H groups in total. The maximum Gasteiger partial charge on any atom is 0.135 e. The fourth-order valence-electron chi connectivity index (χ4n) is 7.30. The highest BCUT2D eigenvalue weighted by Crippen LogP contribution is 2.52. The van der Waals surface area contributed by atoms with Gasteiger partial charge in [0.15, 0.2) is 0 Å². The molecule has 0 saturated heterocycles. The lowest BCUT2D eigenvalue weighted by Crippen LogP contribution is -2.15. The van der Waals surface area contributed by atoms with Gasteiger partial charge in [0.2, 0.25) is 0 Å². The summed E-state index contributed by atoms with van der Waals surface area (Å²) in [5.74, 6) is 0. The number of benzene rings is 7. The van der Waals surface area contributed by atoms with Gasteiger partial charge in [-0.3, -0.25) is 0 Å². The van der Waals surface area contributed by atoms with Gasteiger partial charge in [-0.25, -0.2) is 0 Å². The van der Waals surface area contributed by atoms with Crippen LogP contribution in [0.4, 0.5) is 17.1 Å². The molecule has 214 valence electrons. The molecule has 2 heteroatoms. The van der Waals surface area contributed by atoms with E-state index in [1.165, 1.54) is 44.2 Å². The third kappa shape index (κ3) is 4.03. The highest BCUT2D eigenvalue weighted by Gasteiger charge is 2.36. The number of nitrogens with zero attached hydrogens (tertiary/aromatic N) is 1. The first-order chi connectivity index (χ1) is 22.0. The van der Waals surface area contributed by atoms with Crippen molar-refractivity contribution < 1.29 is 4.42 Å². The number of hydrogen-bond acceptors (Lipinski definition) is 2. The molecule has 1 aromatic heterocycles. The Morgan fingerprint density at radius 2 is 1.04 bits per heavy atom. The van der Waals surface area contributed by atoms with Crippen molar-refractivity contribution >= 4 is 49.8 Å². The zero-order valence-electron chi connectivity index (χ0n) is 25.3. The number of anilines is 3. The molecule has 0 saturated carbocycles. The molecule has 0 fully saturated rings. The highest BCUT2D eigenvalue weighted by atomic mass is 16.3. The molecule has 0 atom stereocenters. The smallest absolute Gasteiger partial charge is 0.135 e. The number of rotatable bonds is 4. The Kier molecular flexibility index (Phi) is 5.58. The van der Waals surface area contributed by atoms with Crippen molar-refractivity contribution in [3.05, 3.63) is 163 Å². The van der Waals surface area contributed by atoms with Crippen molar-refractivity contribution in [3.8, 4) is 22.3 Å². The predicted octanol–water partition coefficient (Wildman–Crippen LogP) is 12.2. The van der Waals surface area contributed by atoms with E-state index in [2.05, 4.69) is 158 Å². The van der Waals surface area contributed by atoms with Crippen molar-refractivity contribution in [2.45, 2.75) is 19.3 Å². The van der Waals surface area contributed by atoms with Gasteiger partial charge in [0, 0.05) is 33.2 Å². The van der Waals surface area contributed by atoms with Crippen molar-refractivity contribution in [3.63, 3.8) is 0 Å². The molecule has 0 unspecified atom stereocenters. The Labute approximate surface area is 262 Å². The molecular formula is C43H31NO. The maximum atomic E-state index is 6.20. The van der Waals surface area contributed by atoms with E-state index in [0.29, 0.717) is 0 Å². The van der Waals surface area contributed by atoms with E-state index >= 15 is 0 Å². The van der Waals surface area contributed by atoms with E-state index in [4.69, 9.17) is 4.42 Å². The highest BCUT2D eigenvalue weighted by molar-refractivity contribution is 6.06. The molecule has 8 aromatic rings. The SMILES string of the molecule is CC1(C)c2ccc(N(c3ccc(-c4ccccc4)cc3)c3ccc4oc5ccccc5c4c3)cc2-c2cc3ccccc3cc21. The molecule has 0 bridgehead atoms. The van der Waals surface area contributed by atoms with Gasteiger partial charge < -0.3 is 9.32 Å². The summed E-state index contributed by atoms with van der Waals surface area (Å²) in [4.78, 5) is 2.38. The topological polar surface area (TPSA) is 16.4 Å². The average molecular weight is 578 g/mol. The summed E-state index contributed by atoms with van der Waals surface area (Å²) in [7, 11) is 0. The van der Waals surface area contributed by atoms with Crippen LogP contribution < -0.4 is 4.90 Å². The van der Waals surface area contributed by atoms with E-state index in [1.54, 1.807) is 0 Å². The molecule has 1 aliphatic carbocycles. The number of hydrogen-bond donors (Lipinski definition) is 0. The largest absolute Gasteiger partial charge is 0.456 e. The second-order valence-corrected chi connectivity index (χ2v) is 12.6. The van der Waals surface area contributed by atoms with Gasteiger partial charge >= 0.3 is 0 Å². The molecule has 1 heterocycles. The summed E-state index contributed by atoms with van der Waals surface area (Å²) in [6, 6.07) is 54.8. The molecule has 2 nitrogen and oxygen atoms in total. The molecule has 1 aliphatic rings. The van der Waals surface area contributed by atoms with Gasteiger partial charge in [-0.1, -0.05) is 105 Å². The molecular weight excluding hydrogens is 546 g/mol. The Morgan fingerprint density at radius 1 is 0.444 bits per heavy atom. The van der Waals surface area contributed by atoms with Gasteiger partial charge in [-0.2, -0.15) is 0 Å². The van der Waals surface area contributed by atoms with Gasteiger partial charge in [0.1, 0.15) is 11.2 Å². The van der Waals surface area contributed by atoms with Crippen molar-refractivity contribution in [1.29, 1.82) is 0 Å². The number of para-hydroxylation sites is 1. The minimum atomic E-state index is -0.0794. The van der Waals surface area contributed by atoms with Gasteiger partial charge in [0.25, 0.3) is 0 Å². The summed E-state index contributed by atoms with van der Waals surface area (Å²) in [6.45, 7) is 4.70.